The quantitative estimate of drug-likeness (QED) is 0.586. The zero-order valence-corrected chi connectivity index (χ0v) is 11.1. The first-order valence-corrected chi connectivity index (χ1v) is 6.77. The largest absolute Gasteiger partial charge is 0.412 e. The molecule has 1 atom stereocenters. The summed E-state index contributed by atoms with van der Waals surface area (Å²) in [5, 5.41) is 0. The lowest BCUT2D eigenvalue weighted by molar-refractivity contribution is 0.0407. The topological polar surface area (TPSA) is 72.7 Å². The molecule has 0 aromatic carbocycles. The summed E-state index contributed by atoms with van der Waals surface area (Å²) >= 11 is 1.90. The van der Waals surface area contributed by atoms with Gasteiger partial charge in [0, 0.05) is 45.3 Å². The van der Waals surface area contributed by atoms with Crippen molar-refractivity contribution in [1.82, 2.24) is 14.1 Å². The molecule has 2 rings (SSSR count). The molecule has 0 unspecified atom stereocenters. The van der Waals surface area contributed by atoms with Crippen LogP contribution in [-0.2, 0) is 0 Å². The lowest BCUT2D eigenvalue weighted by Crippen LogP contribution is -2.60. The molecule has 2 heterocycles. The van der Waals surface area contributed by atoms with Crippen molar-refractivity contribution in [2.24, 2.45) is 0 Å². The Bertz CT molecular complexity index is 179. The summed E-state index contributed by atoms with van der Waals surface area (Å²) in [7, 11) is 0. The Kier molecular flexibility index (Phi) is 7.54. The summed E-state index contributed by atoms with van der Waals surface area (Å²) < 4.78 is 2.50. The molecule has 0 amide bonds. The number of hydrogen-bond acceptors (Lipinski definition) is 4. The van der Waals surface area contributed by atoms with E-state index in [-0.39, 0.29) is 11.0 Å². The molecule has 0 radical (unpaired) electrons. The van der Waals surface area contributed by atoms with Gasteiger partial charge < -0.3 is 15.9 Å². The first-order chi connectivity index (χ1) is 6.83. The normalized spacial score (nSPS) is 27.8. The fourth-order valence-electron chi connectivity index (χ4n) is 2.44. The van der Waals surface area contributed by atoms with Gasteiger partial charge >= 0.3 is 0 Å². The van der Waals surface area contributed by atoms with E-state index in [1.54, 1.807) is 0 Å². The third-order valence-electron chi connectivity index (χ3n) is 3.45. The Morgan fingerprint density at radius 3 is 2.38 bits per heavy atom. The number of piperazine rings is 2. The van der Waals surface area contributed by atoms with Crippen molar-refractivity contribution in [1.29, 1.82) is 0 Å². The van der Waals surface area contributed by atoms with E-state index in [0.29, 0.717) is 0 Å². The molecule has 5 nitrogen and oxygen atoms in total. The van der Waals surface area contributed by atoms with Gasteiger partial charge in [-0.25, -0.2) is 4.31 Å². The standard InChI is InChI=1S/C10H21N3S.2H2O/c1-3-11-4-5-12-6-7-13(14-2)9-10(12)8-11;;/h10H,3-9H2,1-2H3;2*1H2/t10-;;/m0../s1. The van der Waals surface area contributed by atoms with Crippen LogP contribution in [-0.4, -0.2) is 83.2 Å². The molecule has 2 saturated heterocycles. The fraction of sp³-hybridized carbons (Fsp3) is 1.00. The molecule has 4 N–H and O–H groups in total. The summed E-state index contributed by atoms with van der Waals surface area (Å²) in [6.07, 6.45) is 2.19. The molecule has 0 bridgehead atoms. The second-order valence-electron chi connectivity index (χ2n) is 4.15. The Morgan fingerprint density at radius 1 is 1.06 bits per heavy atom. The zero-order valence-electron chi connectivity index (χ0n) is 10.3. The van der Waals surface area contributed by atoms with E-state index in [4.69, 9.17) is 0 Å². The van der Waals surface area contributed by atoms with Crippen molar-refractivity contribution in [2.75, 3.05) is 52.1 Å². The van der Waals surface area contributed by atoms with Crippen molar-refractivity contribution in [3.05, 3.63) is 0 Å². The van der Waals surface area contributed by atoms with Crippen LogP contribution in [0.1, 0.15) is 6.92 Å². The van der Waals surface area contributed by atoms with E-state index in [0.717, 1.165) is 6.04 Å². The summed E-state index contributed by atoms with van der Waals surface area (Å²) in [5.41, 5.74) is 0. The van der Waals surface area contributed by atoms with Crippen LogP contribution in [0.4, 0.5) is 0 Å². The lowest BCUT2D eigenvalue weighted by atomic mass is 10.1. The highest BCUT2D eigenvalue weighted by Gasteiger charge is 2.31. The van der Waals surface area contributed by atoms with Gasteiger partial charge in [-0.2, -0.15) is 0 Å². The van der Waals surface area contributed by atoms with Gasteiger partial charge in [-0.3, -0.25) is 4.90 Å². The van der Waals surface area contributed by atoms with Crippen LogP contribution >= 0.6 is 11.9 Å². The third kappa shape index (κ3) is 3.58. The van der Waals surface area contributed by atoms with Gasteiger partial charge in [-0.1, -0.05) is 18.9 Å². The predicted octanol–water partition coefficient (Wildman–Crippen LogP) is -1.06. The van der Waals surface area contributed by atoms with Gasteiger partial charge in [-0.05, 0) is 12.8 Å². The Hall–Kier alpha value is 0.150. The van der Waals surface area contributed by atoms with Crippen molar-refractivity contribution >= 4 is 11.9 Å². The molecule has 2 fully saturated rings. The van der Waals surface area contributed by atoms with Crippen LogP contribution in [0.15, 0.2) is 0 Å². The molecule has 6 heteroatoms. The van der Waals surface area contributed by atoms with Gasteiger partial charge in [0.2, 0.25) is 0 Å². The molecule has 0 aliphatic carbocycles. The number of rotatable bonds is 2. The number of hydrogen-bond donors (Lipinski definition) is 0. The van der Waals surface area contributed by atoms with Gasteiger partial charge in [0.15, 0.2) is 0 Å². The zero-order chi connectivity index (χ0) is 9.97. The van der Waals surface area contributed by atoms with Crippen LogP contribution < -0.4 is 0 Å². The van der Waals surface area contributed by atoms with E-state index in [1.165, 1.54) is 45.8 Å². The van der Waals surface area contributed by atoms with Crippen LogP contribution in [0.25, 0.3) is 0 Å². The highest BCUT2D eigenvalue weighted by Crippen LogP contribution is 2.18. The van der Waals surface area contributed by atoms with Gasteiger partial charge in [0.05, 0.1) is 0 Å². The Balaban J connectivity index is 0.00000112. The highest BCUT2D eigenvalue weighted by molar-refractivity contribution is 7.96. The van der Waals surface area contributed by atoms with Gasteiger partial charge in [0.1, 0.15) is 0 Å². The molecular weight excluding hydrogens is 226 g/mol. The Labute approximate surface area is 103 Å². The van der Waals surface area contributed by atoms with Crippen LogP contribution in [0, 0.1) is 0 Å². The summed E-state index contributed by atoms with van der Waals surface area (Å²) in [6.45, 7) is 11.1. The summed E-state index contributed by atoms with van der Waals surface area (Å²) in [6, 6.07) is 0.782. The molecule has 2 aliphatic heterocycles. The molecule has 0 saturated carbocycles. The number of nitrogens with zero attached hydrogens (tertiary/aromatic N) is 3. The minimum atomic E-state index is 0. The molecule has 0 aromatic rings. The van der Waals surface area contributed by atoms with E-state index in [9.17, 15) is 0 Å². The first-order valence-electron chi connectivity index (χ1n) is 5.59. The maximum absolute atomic E-state index is 2.67. The number of fused-ring (bicyclic) bond motifs is 1. The van der Waals surface area contributed by atoms with Gasteiger partial charge in [0.25, 0.3) is 0 Å². The maximum atomic E-state index is 2.67. The first kappa shape index (κ1) is 16.1. The minimum Gasteiger partial charge on any atom is -0.412 e. The Morgan fingerprint density at radius 2 is 1.75 bits per heavy atom. The van der Waals surface area contributed by atoms with Crippen LogP contribution in [0.5, 0.6) is 0 Å². The number of likely N-dealkylation sites (N-methyl/N-ethyl adjacent to an activating group) is 1. The summed E-state index contributed by atoms with van der Waals surface area (Å²) in [4.78, 5) is 5.24. The monoisotopic (exact) mass is 251 g/mol. The smallest absolute Gasteiger partial charge is 0.0360 e. The van der Waals surface area contributed by atoms with Crippen LogP contribution in [0.3, 0.4) is 0 Å². The lowest BCUT2D eigenvalue weighted by Gasteiger charge is -2.46. The molecule has 0 spiro atoms. The summed E-state index contributed by atoms with van der Waals surface area (Å²) in [5.74, 6) is 0. The van der Waals surface area contributed by atoms with Crippen molar-refractivity contribution in [2.45, 2.75) is 13.0 Å². The van der Waals surface area contributed by atoms with E-state index in [2.05, 4.69) is 27.3 Å². The van der Waals surface area contributed by atoms with Gasteiger partial charge in [-0.15, -0.1) is 0 Å². The fourth-order valence-corrected chi connectivity index (χ4v) is 3.03. The van der Waals surface area contributed by atoms with Crippen molar-refractivity contribution in [3.63, 3.8) is 0 Å². The van der Waals surface area contributed by atoms with Crippen molar-refractivity contribution in [3.8, 4) is 0 Å². The maximum Gasteiger partial charge on any atom is 0.0360 e. The van der Waals surface area contributed by atoms with E-state index in [1.807, 2.05) is 11.9 Å². The predicted molar refractivity (Wildman–Crippen MR) is 69.8 cm³/mol. The van der Waals surface area contributed by atoms with E-state index < -0.39 is 0 Å². The molecular formula is C10H25N3O2S. The highest BCUT2D eigenvalue weighted by atomic mass is 32.2. The minimum absolute atomic E-state index is 0. The average molecular weight is 251 g/mol. The van der Waals surface area contributed by atoms with Crippen LogP contribution in [0.2, 0.25) is 0 Å². The molecule has 2 aliphatic rings. The van der Waals surface area contributed by atoms with E-state index >= 15 is 0 Å². The molecule has 0 aromatic heterocycles. The second-order valence-corrected chi connectivity index (χ2v) is 5.04. The van der Waals surface area contributed by atoms with Crippen molar-refractivity contribution < 1.29 is 11.0 Å². The average Bonchev–Trinajstić information content (AvgIpc) is 2.27. The SMILES string of the molecule is CCN1CCN2CCN(SC)C[C@@H]2C1.O.O. The third-order valence-corrected chi connectivity index (χ3v) is 4.29. The second kappa shape index (κ2) is 7.47. The molecule has 98 valence electrons. The molecule has 16 heavy (non-hydrogen) atoms.